The molecule has 0 spiro atoms. The van der Waals surface area contributed by atoms with Crippen LogP contribution in [-0.2, 0) is 26.2 Å². The van der Waals surface area contributed by atoms with Crippen molar-refractivity contribution in [2.24, 2.45) is 11.8 Å². The van der Waals surface area contributed by atoms with Crippen LogP contribution >= 0.6 is 0 Å². The van der Waals surface area contributed by atoms with E-state index >= 15 is 0 Å². The molecule has 0 N–H and O–H groups in total. The molecular weight excluding hydrogens is 418 g/mol. The van der Waals surface area contributed by atoms with Crippen molar-refractivity contribution in [2.45, 2.75) is 84.4 Å². The summed E-state index contributed by atoms with van der Waals surface area (Å²) in [5, 5.41) is 3.50. The maximum Gasteiger partial charge on any atom is 4.00 e. The summed E-state index contributed by atoms with van der Waals surface area (Å²) in [5.74, 6) is 3.42. The molecule has 0 heterocycles. The fourth-order valence-electron chi connectivity index (χ4n) is 3.97. The van der Waals surface area contributed by atoms with Gasteiger partial charge in [-0.15, -0.1) is 5.54 Å². The summed E-state index contributed by atoms with van der Waals surface area (Å²) < 4.78 is 0. The molecule has 146 valence electrons. The summed E-state index contributed by atoms with van der Waals surface area (Å²) in [6.45, 7) is 18.8. The molecule has 1 aliphatic rings. The van der Waals surface area contributed by atoms with Gasteiger partial charge in [-0.05, 0) is 0 Å². The number of nitrogens with zero attached hydrogens (tertiary/aromatic N) is 3. The molecule has 1 saturated carbocycles. The predicted molar refractivity (Wildman–Crippen MR) is 117 cm³/mol. The van der Waals surface area contributed by atoms with Gasteiger partial charge in [-0.2, -0.15) is 39.9 Å². The van der Waals surface area contributed by atoms with E-state index in [0.29, 0.717) is 0 Å². The van der Waals surface area contributed by atoms with Crippen LogP contribution in [0.2, 0.25) is 38.3 Å². The fraction of sp³-hybridized carbons (Fsp3) is 0.947. The van der Waals surface area contributed by atoms with Crippen LogP contribution in [0.15, 0.2) is 0 Å². The number of hydrogen-bond donors (Lipinski definition) is 0. The van der Waals surface area contributed by atoms with E-state index in [1.54, 1.807) is 20.0 Å². The first-order chi connectivity index (χ1) is 10.8. The first kappa shape index (κ1) is 28.4. The second-order valence-corrected chi connectivity index (χ2v) is 18.4. The third-order valence-corrected chi connectivity index (χ3v) is 10.4. The average molecular weight is 461 g/mol. The normalized spacial score (nSPS) is 22.2. The molecule has 6 heteroatoms. The second kappa shape index (κ2) is 11.9. The molecule has 3 nitrogen and oxygen atoms in total. The molecule has 2 unspecified atom stereocenters. The van der Waals surface area contributed by atoms with Gasteiger partial charge in [0.15, 0.2) is 0 Å². The fourth-order valence-corrected chi connectivity index (χ4v) is 9.52. The van der Waals surface area contributed by atoms with Crippen LogP contribution in [-0.4, -0.2) is 43.2 Å². The van der Waals surface area contributed by atoms with E-state index in [4.69, 9.17) is 4.98 Å². The molecule has 1 fully saturated rings. The Morgan fingerprint density at radius 3 is 1.56 bits per heavy atom. The van der Waals surface area contributed by atoms with Gasteiger partial charge in [-0.1, -0.05) is 88.4 Å². The van der Waals surface area contributed by atoms with Crippen LogP contribution in [0.25, 0.3) is 15.3 Å². The van der Waals surface area contributed by atoms with Gasteiger partial charge in [-0.3, -0.25) is 0 Å². The van der Waals surface area contributed by atoms with Crippen LogP contribution in [0.3, 0.4) is 0 Å². The molecule has 1 rings (SSSR count). The zero-order valence-corrected chi connectivity index (χ0v) is 23.3. The quantitative estimate of drug-likeness (QED) is 0.308. The molecule has 0 aliphatic heterocycles. The van der Waals surface area contributed by atoms with Crippen LogP contribution in [0.5, 0.6) is 0 Å². The Bertz CT molecular complexity index is 357. The van der Waals surface area contributed by atoms with Crippen LogP contribution < -0.4 is 0 Å². The standard InChI is InChI=1S/C17H37N2Si2.C2H6N.Zr/c1-14-15(12-20(6,7)18-5)10-11-16(14)13-21(8,9)19-17(2,3)4;1-3-2;/h15-16H,10-13H2,1-9H3;1-2H3;/q-3;-1;+4. The van der Waals surface area contributed by atoms with Gasteiger partial charge >= 0.3 is 26.2 Å². The molecule has 0 aromatic heterocycles. The molecule has 1 aliphatic carbocycles. The largest absolute Gasteiger partial charge is 4.00 e. The Hall–Kier alpha value is 1.20. The van der Waals surface area contributed by atoms with Crippen molar-refractivity contribution in [3.8, 4) is 0 Å². The topological polar surface area (TPSA) is 42.3 Å². The number of hydrogen-bond acceptors (Lipinski definition) is 0. The molecule has 0 bridgehead atoms. The van der Waals surface area contributed by atoms with Crippen molar-refractivity contribution in [1.82, 2.24) is 0 Å². The van der Waals surface area contributed by atoms with E-state index in [2.05, 4.69) is 64.2 Å². The van der Waals surface area contributed by atoms with Crippen LogP contribution in [0.1, 0.15) is 40.5 Å². The van der Waals surface area contributed by atoms with Crippen LogP contribution in [0, 0.1) is 17.8 Å². The van der Waals surface area contributed by atoms with Gasteiger partial charge in [0.25, 0.3) is 0 Å². The minimum Gasteiger partial charge on any atom is -0.668 e. The smallest absolute Gasteiger partial charge is 0.668 e. The Morgan fingerprint density at radius 2 is 1.24 bits per heavy atom. The van der Waals surface area contributed by atoms with Crippen LogP contribution in [0.4, 0.5) is 0 Å². The third kappa shape index (κ3) is 12.3. The maximum absolute atomic E-state index is 5.17. The van der Waals surface area contributed by atoms with Gasteiger partial charge in [-0.25, -0.2) is 0 Å². The molecule has 0 aromatic rings. The summed E-state index contributed by atoms with van der Waals surface area (Å²) >= 11 is 0. The second-order valence-electron chi connectivity index (χ2n) is 9.70. The Kier molecular flexibility index (Phi) is 13.5. The van der Waals surface area contributed by atoms with Gasteiger partial charge in [0.05, 0.1) is 0 Å². The molecule has 0 saturated heterocycles. The monoisotopic (exact) mass is 459 g/mol. The molecule has 0 radical (unpaired) electrons. The Labute approximate surface area is 180 Å². The van der Waals surface area contributed by atoms with Crippen molar-refractivity contribution in [3.63, 3.8) is 0 Å². The molecule has 25 heavy (non-hydrogen) atoms. The zero-order chi connectivity index (χ0) is 19.2. The summed E-state index contributed by atoms with van der Waals surface area (Å²) in [6.07, 6.45) is 2.78. The summed E-state index contributed by atoms with van der Waals surface area (Å²) in [5.41, 5.74) is 0.123. The summed E-state index contributed by atoms with van der Waals surface area (Å²) in [6, 6.07) is 2.70. The Balaban J connectivity index is 0. The minimum atomic E-state index is -1.45. The minimum absolute atomic E-state index is 0. The summed E-state index contributed by atoms with van der Waals surface area (Å²) in [4.78, 5) is 9.85. The van der Waals surface area contributed by atoms with E-state index in [9.17, 15) is 0 Å². The van der Waals surface area contributed by atoms with E-state index in [0.717, 1.165) is 11.8 Å². The molecule has 0 aromatic carbocycles. The van der Waals surface area contributed by atoms with E-state index in [-0.39, 0.29) is 31.7 Å². The van der Waals surface area contributed by atoms with Crippen molar-refractivity contribution < 1.29 is 26.2 Å². The van der Waals surface area contributed by atoms with Gasteiger partial charge < -0.3 is 21.2 Å². The van der Waals surface area contributed by atoms with Crippen molar-refractivity contribution in [1.29, 1.82) is 0 Å². The van der Waals surface area contributed by atoms with Crippen molar-refractivity contribution in [3.05, 3.63) is 21.2 Å². The van der Waals surface area contributed by atoms with Crippen molar-refractivity contribution >= 4 is 16.5 Å². The zero-order valence-electron chi connectivity index (χ0n) is 18.8. The van der Waals surface area contributed by atoms with Gasteiger partial charge in [0, 0.05) is 0 Å². The molecular formula is C19H43N3Si2Zr. The first-order valence-corrected chi connectivity index (χ1v) is 15.7. The van der Waals surface area contributed by atoms with E-state index < -0.39 is 16.5 Å². The molecule has 2 atom stereocenters. The molecule has 0 amide bonds. The Morgan fingerprint density at radius 1 is 0.880 bits per heavy atom. The third-order valence-electron chi connectivity index (χ3n) is 4.89. The first-order valence-electron chi connectivity index (χ1n) is 9.43. The van der Waals surface area contributed by atoms with Gasteiger partial charge in [0.1, 0.15) is 0 Å². The van der Waals surface area contributed by atoms with E-state index in [1.807, 2.05) is 7.05 Å². The average Bonchev–Trinajstić information content (AvgIpc) is 2.68. The van der Waals surface area contributed by atoms with E-state index in [1.165, 1.54) is 24.9 Å². The maximum atomic E-state index is 5.17. The van der Waals surface area contributed by atoms with Crippen molar-refractivity contribution in [2.75, 3.05) is 21.1 Å². The SMILES string of the molecule is C[N-]C.C[N-][Si](C)(C)CC1CCC(C[Si](C)(C)[N-]C(C)(C)C)[C-]1C.[Zr+4]. The van der Waals surface area contributed by atoms with Gasteiger partial charge in [0.2, 0.25) is 0 Å². The summed E-state index contributed by atoms with van der Waals surface area (Å²) in [7, 11) is 2.75. The predicted octanol–water partition coefficient (Wildman–Crippen LogP) is 6.81. The number of rotatable bonds is 6.